The van der Waals surface area contributed by atoms with Crippen LogP contribution in [0.15, 0.2) is 39.3 Å². The van der Waals surface area contributed by atoms with Gasteiger partial charge in [-0.2, -0.15) is 0 Å². The number of hydrogen-bond donors (Lipinski definition) is 1. The molecular weight excluding hydrogens is 334 g/mol. The summed E-state index contributed by atoms with van der Waals surface area (Å²) in [6.45, 7) is 4.13. The van der Waals surface area contributed by atoms with E-state index in [-0.39, 0.29) is 12.3 Å². The summed E-state index contributed by atoms with van der Waals surface area (Å²) >= 11 is 0. The molecule has 7 nitrogen and oxygen atoms in total. The number of carbonyl (C=O) groups is 1. The van der Waals surface area contributed by atoms with E-state index in [2.05, 4.69) is 15.5 Å². The zero-order valence-corrected chi connectivity index (χ0v) is 15.0. The number of carbonyl (C=O) groups excluding carboxylic acids is 1. The molecule has 1 amide bonds. The smallest absolute Gasteiger partial charge is 0.226 e. The minimum atomic E-state index is -0.112. The maximum absolute atomic E-state index is 12.1. The summed E-state index contributed by atoms with van der Waals surface area (Å²) in [6.07, 6.45) is 0.785. The van der Waals surface area contributed by atoms with E-state index in [1.165, 1.54) is 0 Å². The fraction of sp³-hybridized carbons (Fsp3) is 0.316. The van der Waals surface area contributed by atoms with Crippen molar-refractivity contribution in [2.24, 2.45) is 0 Å². The highest BCUT2D eigenvalue weighted by molar-refractivity contribution is 5.78. The van der Waals surface area contributed by atoms with E-state index in [1.807, 2.05) is 37.3 Å². The number of aryl methyl sites for hydroxylation is 2. The summed E-state index contributed by atoms with van der Waals surface area (Å²) in [7, 11) is 1.61. The Bertz CT molecular complexity index is 898. The molecule has 0 bridgehead atoms. The SMILES string of the molecule is COc1cccc(-c2nc(CC(=O)NCCc3cc(C)on3)c(C)o2)c1. The maximum Gasteiger partial charge on any atom is 0.226 e. The van der Waals surface area contributed by atoms with Crippen LogP contribution < -0.4 is 10.1 Å². The average Bonchev–Trinajstić information content (AvgIpc) is 3.21. The standard InChI is InChI=1S/C19H21N3O4/c1-12-9-15(22-26-12)7-8-20-18(23)11-17-13(2)25-19(21-17)14-5-4-6-16(10-14)24-3/h4-6,9-10H,7-8,11H2,1-3H3,(H,20,23). The molecule has 0 radical (unpaired) electrons. The molecule has 0 aliphatic heterocycles. The second kappa shape index (κ2) is 7.86. The molecule has 0 saturated heterocycles. The highest BCUT2D eigenvalue weighted by Crippen LogP contribution is 2.25. The highest BCUT2D eigenvalue weighted by Gasteiger charge is 2.15. The third kappa shape index (κ3) is 4.30. The average molecular weight is 355 g/mol. The van der Waals surface area contributed by atoms with Crippen molar-refractivity contribution in [1.29, 1.82) is 0 Å². The Morgan fingerprint density at radius 2 is 2.12 bits per heavy atom. The van der Waals surface area contributed by atoms with Crippen molar-refractivity contribution in [3.8, 4) is 17.2 Å². The van der Waals surface area contributed by atoms with Crippen LogP contribution in [0, 0.1) is 13.8 Å². The number of nitrogens with zero attached hydrogens (tertiary/aromatic N) is 2. The number of rotatable bonds is 7. The van der Waals surface area contributed by atoms with Gasteiger partial charge in [0.15, 0.2) is 0 Å². The van der Waals surface area contributed by atoms with Gasteiger partial charge >= 0.3 is 0 Å². The van der Waals surface area contributed by atoms with Gasteiger partial charge in [-0.25, -0.2) is 4.98 Å². The lowest BCUT2D eigenvalue weighted by Gasteiger charge is -2.02. The molecule has 0 fully saturated rings. The number of aromatic nitrogens is 2. The Morgan fingerprint density at radius 3 is 2.85 bits per heavy atom. The topological polar surface area (TPSA) is 90.4 Å². The van der Waals surface area contributed by atoms with Crippen LogP contribution in [0.4, 0.5) is 0 Å². The van der Waals surface area contributed by atoms with Crippen molar-refractivity contribution in [3.05, 3.63) is 53.2 Å². The van der Waals surface area contributed by atoms with Crippen LogP contribution in [-0.4, -0.2) is 29.7 Å². The van der Waals surface area contributed by atoms with Crippen molar-refractivity contribution in [3.63, 3.8) is 0 Å². The van der Waals surface area contributed by atoms with Crippen LogP contribution in [0.5, 0.6) is 5.75 Å². The lowest BCUT2D eigenvalue weighted by molar-refractivity contribution is -0.120. The van der Waals surface area contributed by atoms with Gasteiger partial charge in [-0.15, -0.1) is 0 Å². The van der Waals surface area contributed by atoms with Gasteiger partial charge in [0.2, 0.25) is 11.8 Å². The summed E-state index contributed by atoms with van der Waals surface area (Å²) in [4.78, 5) is 16.6. The molecule has 7 heteroatoms. The van der Waals surface area contributed by atoms with Crippen LogP contribution >= 0.6 is 0 Å². The van der Waals surface area contributed by atoms with Crippen molar-refractivity contribution in [2.45, 2.75) is 26.7 Å². The van der Waals surface area contributed by atoms with E-state index in [0.717, 1.165) is 22.8 Å². The van der Waals surface area contributed by atoms with E-state index in [0.29, 0.717) is 30.3 Å². The van der Waals surface area contributed by atoms with E-state index in [9.17, 15) is 4.79 Å². The largest absolute Gasteiger partial charge is 0.497 e. The third-order valence-electron chi connectivity index (χ3n) is 3.92. The van der Waals surface area contributed by atoms with Gasteiger partial charge in [0.05, 0.1) is 24.9 Å². The predicted octanol–water partition coefficient (Wildman–Crippen LogP) is 2.86. The number of benzene rings is 1. The van der Waals surface area contributed by atoms with Gasteiger partial charge in [0.1, 0.15) is 17.3 Å². The molecule has 0 saturated carbocycles. The molecule has 0 unspecified atom stereocenters. The normalized spacial score (nSPS) is 10.7. The molecule has 0 aliphatic carbocycles. The second-order valence-corrected chi connectivity index (χ2v) is 5.96. The first kappa shape index (κ1) is 17.7. The number of hydrogen-bond acceptors (Lipinski definition) is 6. The summed E-state index contributed by atoms with van der Waals surface area (Å²) in [6, 6.07) is 9.30. The van der Waals surface area contributed by atoms with Crippen LogP contribution in [-0.2, 0) is 17.6 Å². The monoisotopic (exact) mass is 355 g/mol. The van der Waals surface area contributed by atoms with E-state index in [1.54, 1.807) is 14.0 Å². The first-order valence-electron chi connectivity index (χ1n) is 8.35. The summed E-state index contributed by atoms with van der Waals surface area (Å²) in [5.74, 6) is 2.47. The molecule has 1 N–H and O–H groups in total. The number of oxazole rings is 1. The fourth-order valence-electron chi connectivity index (χ4n) is 2.55. The molecule has 136 valence electrons. The van der Waals surface area contributed by atoms with E-state index >= 15 is 0 Å². The van der Waals surface area contributed by atoms with Crippen molar-refractivity contribution >= 4 is 5.91 Å². The molecule has 0 atom stereocenters. The van der Waals surface area contributed by atoms with Crippen LogP contribution in [0.1, 0.15) is 22.9 Å². The zero-order valence-electron chi connectivity index (χ0n) is 15.0. The minimum absolute atomic E-state index is 0.112. The first-order chi connectivity index (χ1) is 12.5. The van der Waals surface area contributed by atoms with Crippen molar-refractivity contribution in [1.82, 2.24) is 15.5 Å². The van der Waals surface area contributed by atoms with Crippen LogP contribution in [0.25, 0.3) is 11.5 Å². The minimum Gasteiger partial charge on any atom is -0.497 e. The lowest BCUT2D eigenvalue weighted by atomic mass is 10.2. The van der Waals surface area contributed by atoms with E-state index < -0.39 is 0 Å². The van der Waals surface area contributed by atoms with Crippen molar-refractivity contribution in [2.75, 3.05) is 13.7 Å². The second-order valence-electron chi connectivity index (χ2n) is 5.96. The van der Waals surface area contributed by atoms with Crippen molar-refractivity contribution < 1.29 is 18.5 Å². The van der Waals surface area contributed by atoms with Gasteiger partial charge in [-0.3, -0.25) is 4.79 Å². The van der Waals surface area contributed by atoms with Gasteiger partial charge in [-0.05, 0) is 32.0 Å². The number of ether oxygens (including phenoxy) is 1. The van der Waals surface area contributed by atoms with Gasteiger partial charge < -0.3 is 19.0 Å². The maximum atomic E-state index is 12.1. The quantitative estimate of drug-likeness (QED) is 0.701. The van der Waals surface area contributed by atoms with Crippen LogP contribution in [0.3, 0.4) is 0 Å². The Labute approximate surface area is 151 Å². The summed E-state index contributed by atoms with van der Waals surface area (Å²) in [5, 5.41) is 6.76. The molecule has 3 rings (SSSR count). The Balaban J connectivity index is 1.59. The predicted molar refractivity (Wildman–Crippen MR) is 94.9 cm³/mol. The summed E-state index contributed by atoms with van der Waals surface area (Å²) in [5.41, 5.74) is 2.25. The molecule has 2 aromatic heterocycles. The molecule has 1 aromatic carbocycles. The molecule has 26 heavy (non-hydrogen) atoms. The Morgan fingerprint density at radius 1 is 1.27 bits per heavy atom. The van der Waals surface area contributed by atoms with Gasteiger partial charge in [-0.1, -0.05) is 11.2 Å². The van der Waals surface area contributed by atoms with Gasteiger partial charge in [0, 0.05) is 24.6 Å². The third-order valence-corrected chi connectivity index (χ3v) is 3.92. The zero-order chi connectivity index (χ0) is 18.5. The number of amides is 1. The molecule has 0 spiro atoms. The highest BCUT2D eigenvalue weighted by atomic mass is 16.5. The molecule has 3 aromatic rings. The summed E-state index contributed by atoms with van der Waals surface area (Å²) < 4.78 is 15.9. The molecular formula is C19H21N3O4. The molecule has 2 heterocycles. The number of methoxy groups -OCH3 is 1. The fourth-order valence-corrected chi connectivity index (χ4v) is 2.55. The van der Waals surface area contributed by atoms with E-state index in [4.69, 9.17) is 13.7 Å². The number of nitrogens with one attached hydrogen (secondary N) is 1. The van der Waals surface area contributed by atoms with Crippen LogP contribution in [0.2, 0.25) is 0 Å². The Hall–Kier alpha value is -3.09. The van der Waals surface area contributed by atoms with Gasteiger partial charge in [0.25, 0.3) is 0 Å². The first-order valence-corrected chi connectivity index (χ1v) is 8.35. The lowest BCUT2D eigenvalue weighted by Crippen LogP contribution is -2.27. The molecule has 0 aliphatic rings. The Kier molecular flexibility index (Phi) is 5.36.